The molecule has 0 aliphatic carbocycles. The van der Waals surface area contributed by atoms with Crippen molar-refractivity contribution in [3.63, 3.8) is 0 Å². The molecule has 108 valence electrons. The molecule has 0 spiro atoms. The molecule has 0 aromatic heterocycles. The normalized spacial score (nSPS) is 24.5. The van der Waals surface area contributed by atoms with E-state index in [0.29, 0.717) is 6.42 Å². The van der Waals surface area contributed by atoms with Crippen molar-refractivity contribution < 1.29 is 9.59 Å². The molecule has 6 nitrogen and oxygen atoms in total. The van der Waals surface area contributed by atoms with E-state index >= 15 is 0 Å². The number of nitrogens with zero attached hydrogens (tertiary/aromatic N) is 2. The minimum Gasteiger partial charge on any atom is -0.352 e. The van der Waals surface area contributed by atoms with Crippen molar-refractivity contribution in [1.82, 2.24) is 20.4 Å². The molecule has 2 saturated heterocycles. The highest BCUT2D eigenvalue weighted by Gasteiger charge is 2.24. The second-order valence-electron chi connectivity index (χ2n) is 5.37. The van der Waals surface area contributed by atoms with Gasteiger partial charge in [-0.05, 0) is 6.42 Å². The van der Waals surface area contributed by atoms with Gasteiger partial charge in [-0.2, -0.15) is 0 Å². The number of piperazine rings is 1. The lowest BCUT2D eigenvalue weighted by molar-refractivity contribution is -0.132. The summed E-state index contributed by atoms with van der Waals surface area (Å²) >= 11 is 0. The van der Waals surface area contributed by atoms with Gasteiger partial charge in [0.25, 0.3) is 0 Å². The molecule has 19 heavy (non-hydrogen) atoms. The molecule has 2 aliphatic heterocycles. The molecule has 1 atom stereocenters. The van der Waals surface area contributed by atoms with E-state index in [4.69, 9.17) is 0 Å². The van der Waals surface area contributed by atoms with Crippen LogP contribution in [0.25, 0.3) is 0 Å². The van der Waals surface area contributed by atoms with E-state index in [0.717, 1.165) is 52.2 Å². The van der Waals surface area contributed by atoms with Crippen LogP contribution >= 0.6 is 0 Å². The molecular formula is C13H24N4O2. The van der Waals surface area contributed by atoms with Crippen LogP contribution < -0.4 is 10.6 Å². The molecule has 2 aliphatic rings. The highest BCUT2D eigenvalue weighted by molar-refractivity contribution is 5.76. The first-order valence-electron chi connectivity index (χ1n) is 7.13. The van der Waals surface area contributed by atoms with Crippen LogP contribution in [0.4, 0.5) is 0 Å². The van der Waals surface area contributed by atoms with E-state index in [2.05, 4.69) is 15.5 Å². The van der Waals surface area contributed by atoms with Crippen LogP contribution in [0, 0.1) is 0 Å². The van der Waals surface area contributed by atoms with Gasteiger partial charge in [-0.15, -0.1) is 0 Å². The SMILES string of the molecule is CC(=O)NC1CCN(CCC(=O)N2CCNCC2)C1. The number of hydrogen-bond acceptors (Lipinski definition) is 4. The number of nitrogens with one attached hydrogen (secondary N) is 2. The second kappa shape index (κ2) is 6.86. The van der Waals surface area contributed by atoms with Crippen molar-refractivity contribution in [3.8, 4) is 0 Å². The molecular weight excluding hydrogens is 244 g/mol. The quantitative estimate of drug-likeness (QED) is 0.688. The summed E-state index contributed by atoms with van der Waals surface area (Å²) in [6.45, 7) is 7.66. The molecule has 0 radical (unpaired) electrons. The molecule has 0 aromatic carbocycles. The number of carbonyl (C=O) groups excluding carboxylic acids is 2. The van der Waals surface area contributed by atoms with E-state index in [9.17, 15) is 9.59 Å². The maximum Gasteiger partial charge on any atom is 0.223 e. The van der Waals surface area contributed by atoms with Crippen LogP contribution in [0.5, 0.6) is 0 Å². The van der Waals surface area contributed by atoms with Crippen molar-refractivity contribution in [2.24, 2.45) is 0 Å². The van der Waals surface area contributed by atoms with E-state index in [-0.39, 0.29) is 17.9 Å². The standard InChI is InChI=1S/C13H24N4O2/c1-11(18)15-12-2-6-16(10-12)7-3-13(19)17-8-4-14-5-9-17/h12,14H,2-10H2,1H3,(H,15,18). The van der Waals surface area contributed by atoms with E-state index in [1.807, 2.05) is 4.90 Å². The number of carbonyl (C=O) groups is 2. The number of hydrogen-bond donors (Lipinski definition) is 2. The summed E-state index contributed by atoms with van der Waals surface area (Å²) in [5, 5.41) is 6.18. The van der Waals surface area contributed by atoms with Crippen LogP contribution in [0.1, 0.15) is 19.8 Å². The van der Waals surface area contributed by atoms with Crippen LogP contribution in [0.15, 0.2) is 0 Å². The van der Waals surface area contributed by atoms with Crippen LogP contribution in [0.2, 0.25) is 0 Å². The molecule has 0 bridgehead atoms. The summed E-state index contributed by atoms with van der Waals surface area (Å²) in [5.74, 6) is 0.285. The Balaban J connectivity index is 1.65. The Morgan fingerprint density at radius 3 is 2.68 bits per heavy atom. The molecule has 6 heteroatoms. The van der Waals surface area contributed by atoms with Crippen molar-refractivity contribution in [2.45, 2.75) is 25.8 Å². The van der Waals surface area contributed by atoms with E-state index < -0.39 is 0 Å². The Morgan fingerprint density at radius 2 is 2.00 bits per heavy atom. The zero-order valence-electron chi connectivity index (χ0n) is 11.7. The smallest absolute Gasteiger partial charge is 0.223 e. The third-order valence-corrected chi connectivity index (χ3v) is 3.79. The lowest BCUT2D eigenvalue weighted by Gasteiger charge is -2.28. The number of amides is 2. The summed E-state index contributed by atoms with van der Waals surface area (Å²) in [6.07, 6.45) is 1.58. The van der Waals surface area contributed by atoms with Gasteiger partial charge < -0.3 is 20.4 Å². The summed E-state index contributed by atoms with van der Waals surface area (Å²) in [6, 6.07) is 0.256. The molecule has 2 N–H and O–H groups in total. The monoisotopic (exact) mass is 268 g/mol. The Hall–Kier alpha value is -1.14. The second-order valence-corrected chi connectivity index (χ2v) is 5.37. The topological polar surface area (TPSA) is 64.7 Å². The zero-order chi connectivity index (χ0) is 13.7. The highest BCUT2D eigenvalue weighted by Crippen LogP contribution is 2.10. The van der Waals surface area contributed by atoms with Gasteiger partial charge in [0.15, 0.2) is 0 Å². The first-order valence-corrected chi connectivity index (χ1v) is 7.13. The highest BCUT2D eigenvalue weighted by atomic mass is 16.2. The lowest BCUT2D eigenvalue weighted by Crippen LogP contribution is -2.47. The molecule has 2 amide bonds. The van der Waals surface area contributed by atoms with Gasteiger partial charge in [0.1, 0.15) is 0 Å². The maximum absolute atomic E-state index is 12.0. The fraction of sp³-hybridized carbons (Fsp3) is 0.846. The van der Waals surface area contributed by atoms with Crippen LogP contribution in [-0.4, -0.2) is 73.5 Å². The van der Waals surface area contributed by atoms with E-state index in [1.54, 1.807) is 6.92 Å². The molecule has 1 unspecified atom stereocenters. The van der Waals surface area contributed by atoms with Gasteiger partial charge in [-0.3, -0.25) is 9.59 Å². The summed E-state index contributed by atoms with van der Waals surface area (Å²) in [7, 11) is 0. The Bertz CT molecular complexity index is 329. The van der Waals surface area contributed by atoms with Gasteiger partial charge in [0.05, 0.1) is 0 Å². The first-order chi connectivity index (χ1) is 9.15. The summed E-state index contributed by atoms with van der Waals surface area (Å²) < 4.78 is 0. The van der Waals surface area contributed by atoms with Gasteiger partial charge in [0, 0.05) is 65.2 Å². The average molecular weight is 268 g/mol. The van der Waals surface area contributed by atoms with Crippen molar-refractivity contribution in [3.05, 3.63) is 0 Å². The predicted octanol–water partition coefficient (Wildman–Crippen LogP) is -0.981. The Kier molecular flexibility index (Phi) is 5.15. The van der Waals surface area contributed by atoms with Gasteiger partial charge in [-0.25, -0.2) is 0 Å². The number of likely N-dealkylation sites (tertiary alicyclic amines) is 1. The minimum atomic E-state index is 0.0312. The Labute approximate surface area is 114 Å². The largest absolute Gasteiger partial charge is 0.352 e. The lowest BCUT2D eigenvalue weighted by atomic mass is 10.2. The van der Waals surface area contributed by atoms with Crippen LogP contribution in [0.3, 0.4) is 0 Å². The molecule has 0 aromatic rings. The van der Waals surface area contributed by atoms with Gasteiger partial charge in [0.2, 0.25) is 11.8 Å². The third-order valence-electron chi connectivity index (χ3n) is 3.79. The average Bonchev–Trinajstić information content (AvgIpc) is 2.84. The first kappa shape index (κ1) is 14.3. The van der Waals surface area contributed by atoms with Crippen molar-refractivity contribution in [2.75, 3.05) is 45.8 Å². The zero-order valence-corrected chi connectivity index (χ0v) is 11.7. The van der Waals surface area contributed by atoms with Crippen LogP contribution in [-0.2, 0) is 9.59 Å². The summed E-state index contributed by atoms with van der Waals surface area (Å²) in [5.41, 5.74) is 0. The maximum atomic E-state index is 12.0. The minimum absolute atomic E-state index is 0.0312. The molecule has 2 rings (SSSR count). The predicted molar refractivity (Wildman–Crippen MR) is 72.7 cm³/mol. The fourth-order valence-corrected chi connectivity index (χ4v) is 2.77. The number of rotatable bonds is 4. The van der Waals surface area contributed by atoms with Gasteiger partial charge >= 0.3 is 0 Å². The summed E-state index contributed by atoms with van der Waals surface area (Å²) in [4.78, 5) is 27.2. The molecule has 2 fully saturated rings. The Morgan fingerprint density at radius 1 is 1.26 bits per heavy atom. The third kappa shape index (κ3) is 4.47. The van der Waals surface area contributed by atoms with Crippen molar-refractivity contribution >= 4 is 11.8 Å². The van der Waals surface area contributed by atoms with E-state index in [1.165, 1.54) is 0 Å². The van der Waals surface area contributed by atoms with Gasteiger partial charge in [-0.1, -0.05) is 0 Å². The van der Waals surface area contributed by atoms with Crippen molar-refractivity contribution in [1.29, 1.82) is 0 Å². The fourth-order valence-electron chi connectivity index (χ4n) is 2.77. The molecule has 0 saturated carbocycles. The molecule has 2 heterocycles.